The summed E-state index contributed by atoms with van der Waals surface area (Å²) in [4.78, 5) is 3.21. The Morgan fingerprint density at radius 3 is 2.57 bits per heavy atom. The highest BCUT2D eigenvalue weighted by Crippen LogP contribution is 2.31. The van der Waals surface area contributed by atoms with Crippen LogP contribution in [0.3, 0.4) is 0 Å². The Morgan fingerprint density at radius 2 is 2.00 bits per heavy atom. The number of nitrogens with one attached hydrogen (secondary N) is 1. The average Bonchev–Trinajstić information content (AvgIpc) is 2.71. The Morgan fingerprint density at radius 1 is 1.29 bits per heavy atom. The number of halogens is 1. The Labute approximate surface area is 91.7 Å². The molecule has 2 nitrogen and oxygen atoms in total. The molecule has 1 aromatic heterocycles. The van der Waals surface area contributed by atoms with Crippen molar-refractivity contribution in [2.24, 2.45) is 11.7 Å². The molecule has 0 aromatic carbocycles. The van der Waals surface area contributed by atoms with E-state index in [-0.39, 0.29) is 18.4 Å². The lowest BCUT2D eigenvalue weighted by atomic mass is 9.83. The van der Waals surface area contributed by atoms with E-state index in [2.05, 4.69) is 11.1 Å². The number of aromatic amines is 1. The van der Waals surface area contributed by atoms with Gasteiger partial charge in [0.25, 0.3) is 0 Å². The molecule has 3 heteroatoms. The molecule has 3 N–H and O–H groups in total. The molecule has 0 unspecified atom stereocenters. The number of hydrogen-bond donors (Lipinski definition) is 2. The molecule has 1 aromatic rings. The Balaban J connectivity index is 0.000000980. The molecule has 0 amide bonds. The third-order valence-corrected chi connectivity index (χ3v) is 3.14. The smallest absolute Gasteiger partial charge is 0.0476 e. The number of H-pyrrole nitrogens is 1. The molecule has 1 heterocycles. The molecule has 0 saturated heterocycles. The summed E-state index contributed by atoms with van der Waals surface area (Å²) in [6.07, 6.45) is 8.69. The van der Waals surface area contributed by atoms with Gasteiger partial charge in [0.05, 0.1) is 0 Å². The van der Waals surface area contributed by atoms with Crippen molar-refractivity contribution in [3.8, 4) is 0 Å². The molecule has 1 aliphatic rings. The molecule has 14 heavy (non-hydrogen) atoms. The molecule has 0 spiro atoms. The van der Waals surface area contributed by atoms with Gasteiger partial charge in [0.1, 0.15) is 0 Å². The van der Waals surface area contributed by atoms with Crippen molar-refractivity contribution in [1.82, 2.24) is 4.98 Å². The van der Waals surface area contributed by atoms with Gasteiger partial charge in [-0.05, 0) is 30.9 Å². The number of rotatable bonds is 2. The molecular formula is C11H19ClN2. The molecule has 1 aliphatic carbocycles. The van der Waals surface area contributed by atoms with E-state index < -0.39 is 0 Å². The van der Waals surface area contributed by atoms with Crippen molar-refractivity contribution >= 4 is 12.4 Å². The maximum absolute atomic E-state index is 6.18. The second kappa shape index (κ2) is 5.42. The number of hydrogen-bond acceptors (Lipinski definition) is 1. The van der Waals surface area contributed by atoms with Crippen LogP contribution in [-0.2, 0) is 0 Å². The van der Waals surface area contributed by atoms with Crippen LogP contribution < -0.4 is 5.73 Å². The van der Waals surface area contributed by atoms with Crippen LogP contribution in [-0.4, -0.2) is 4.98 Å². The fourth-order valence-corrected chi connectivity index (χ4v) is 2.30. The maximum Gasteiger partial charge on any atom is 0.0476 e. The molecule has 1 atom stereocenters. The minimum Gasteiger partial charge on any atom is -0.364 e. The van der Waals surface area contributed by atoms with Gasteiger partial charge in [-0.2, -0.15) is 0 Å². The van der Waals surface area contributed by atoms with Gasteiger partial charge in [-0.15, -0.1) is 12.4 Å². The van der Waals surface area contributed by atoms with Gasteiger partial charge >= 0.3 is 0 Å². The van der Waals surface area contributed by atoms with Crippen molar-refractivity contribution in [1.29, 1.82) is 0 Å². The Bertz CT molecular complexity index is 240. The fourth-order valence-electron chi connectivity index (χ4n) is 2.30. The maximum atomic E-state index is 6.18. The van der Waals surface area contributed by atoms with Crippen LogP contribution >= 0.6 is 12.4 Å². The summed E-state index contributed by atoms with van der Waals surface area (Å²) >= 11 is 0. The van der Waals surface area contributed by atoms with E-state index >= 15 is 0 Å². The van der Waals surface area contributed by atoms with Crippen LogP contribution in [0.25, 0.3) is 0 Å². The summed E-state index contributed by atoms with van der Waals surface area (Å²) in [6.45, 7) is 0. The first-order valence-electron chi connectivity index (χ1n) is 5.27. The van der Waals surface area contributed by atoms with Gasteiger partial charge in [0, 0.05) is 17.9 Å². The summed E-state index contributed by atoms with van der Waals surface area (Å²) in [5.41, 5.74) is 7.38. The van der Waals surface area contributed by atoms with E-state index in [0.717, 1.165) is 0 Å². The van der Waals surface area contributed by atoms with Crippen molar-refractivity contribution in [2.75, 3.05) is 0 Å². The highest BCUT2D eigenvalue weighted by Gasteiger charge is 2.21. The van der Waals surface area contributed by atoms with E-state index in [9.17, 15) is 0 Å². The van der Waals surface area contributed by atoms with Crippen LogP contribution in [0.5, 0.6) is 0 Å². The average molecular weight is 215 g/mol. The lowest BCUT2D eigenvalue weighted by molar-refractivity contribution is 0.305. The quantitative estimate of drug-likeness (QED) is 0.781. The van der Waals surface area contributed by atoms with Crippen molar-refractivity contribution in [3.63, 3.8) is 0 Å². The van der Waals surface area contributed by atoms with E-state index in [1.165, 1.54) is 37.8 Å². The highest BCUT2D eigenvalue weighted by molar-refractivity contribution is 5.85. The van der Waals surface area contributed by atoms with Crippen LogP contribution in [0.1, 0.15) is 43.8 Å². The molecular weight excluding hydrogens is 196 g/mol. The van der Waals surface area contributed by atoms with Gasteiger partial charge in [-0.1, -0.05) is 19.3 Å². The monoisotopic (exact) mass is 214 g/mol. The topological polar surface area (TPSA) is 41.8 Å². The molecule has 0 aliphatic heterocycles. The summed E-state index contributed by atoms with van der Waals surface area (Å²) in [5.74, 6) is 0.701. The summed E-state index contributed by atoms with van der Waals surface area (Å²) < 4.78 is 0. The predicted molar refractivity (Wildman–Crippen MR) is 61.5 cm³/mol. The Hall–Kier alpha value is -0.470. The summed E-state index contributed by atoms with van der Waals surface area (Å²) in [5, 5.41) is 0. The van der Waals surface area contributed by atoms with E-state index in [1.807, 2.05) is 12.3 Å². The lowest BCUT2D eigenvalue weighted by Gasteiger charge is -2.26. The van der Waals surface area contributed by atoms with Crippen LogP contribution in [0, 0.1) is 5.92 Å². The van der Waals surface area contributed by atoms with Crippen molar-refractivity contribution in [3.05, 3.63) is 24.0 Å². The van der Waals surface area contributed by atoms with Crippen LogP contribution in [0.2, 0.25) is 0 Å². The standard InChI is InChI=1S/C11H18N2.ClH/c12-11(10-7-4-8-13-10)9-5-2-1-3-6-9;/h4,7-9,11,13H,1-3,5-6,12H2;1H/t11-;/m1./s1. The first-order chi connectivity index (χ1) is 6.38. The summed E-state index contributed by atoms with van der Waals surface area (Å²) in [6, 6.07) is 4.35. The van der Waals surface area contributed by atoms with E-state index in [1.54, 1.807) is 0 Å². The van der Waals surface area contributed by atoms with Gasteiger partial charge in [0.2, 0.25) is 0 Å². The SMILES string of the molecule is Cl.N[C@@H](c1ccc[nH]1)C1CCCCC1. The second-order valence-corrected chi connectivity index (χ2v) is 4.05. The summed E-state index contributed by atoms with van der Waals surface area (Å²) in [7, 11) is 0. The lowest BCUT2D eigenvalue weighted by Crippen LogP contribution is -2.23. The van der Waals surface area contributed by atoms with E-state index in [0.29, 0.717) is 5.92 Å². The van der Waals surface area contributed by atoms with Gasteiger partial charge in [-0.25, -0.2) is 0 Å². The first-order valence-corrected chi connectivity index (χ1v) is 5.27. The van der Waals surface area contributed by atoms with Crippen LogP contribution in [0.15, 0.2) is 18.3 Å². The first kappa shape index (κ1) is 11.6. The number of aromatic nitrogens is 1. The molecule has 0 bridgehead atoms. The largest absolute Gasteiger partial charge is 0.364 e. The Kier molecular flexibility index (Phi) is 4.49. The fraction of sp³-hybridized carbons (Fsp3) is 0.636. The van der Waals surface area contributed by atoms with Gasteiger partial charge in [0.15, 0.2) is 0 Å². The molecule has 2 rings (SSSR count). The molecule has 1 fully saturated rings. The van der Waals surface area contributed by atoms with Gasteiger partial charge in [-0.3, -0.25) is 0 Å². The minimum atomic E-state index is 0. The van der Waals surface area contributed by atoms with Crippen LogP contribution in [0.4, 0.5) is 0 Å². The second-order valence-electron chi connectivity index (χ2n) is 4.05. The minimum absolute atomic E-state index is 0. The normalized spacial score (nSPS) is 20.1. The third-order valence-electron chi connectivity index (χ3n) is 3.14. The number of nitrogens with two attached hydrogens (primary N) is 1. The van der Waals surface area contributed by atoms with E-state index in [4.69, 9.17) is 5.73 Å². The zero-order valence-corrected chi connectivity index (χ0v) is 9.22. The highest BCUT2D eigenvalue weighted by atomic mass is 35.5. The predicted octanol–water partition coefficient (Wildman–Crippen LogP) is 3.02. The molecule has 0 radical (unpaired) electrons. The zero-order valence-electron chi connectivity index (χ0n) is 8.41. The molecule has 80 valence electrons. The van der Waals surface area contributed by atoms with Gasteiger partial charge < -0.3 is 10.7 Å². The molecule has 1 saturated carbocycles. The zero-order chi connectivity index (χ0) is 9.10. The van der Waals surface area contributed by atoms with Crippen molar-refractivity contribution < 1.29 is 0 Å². The van der Waals surface area contributed by atoms with Crippen molar-refractivity contribution in [2.45, 2.75) is 38.1 Å². The third kappa shape index (κ3) is 2.52.